The Morgan fingerprint density at radius 3 is 1.53 bits per heavy atom. The summed E-state index contributed by atoms with van der Waals surface area (Å²) < 4.78 is 26.2. The van der Waals surface area contributed by atoms with Crippen molar-refractivity contribution < 1.29 is 37.9 Å². The number of ether oxygens (including phenoxy) is 2. The highest BCUT2D eigenvalue weighted by molar-refractivity contribution is 7.46. The topological polar surface area (TPSA) is 119 Å². The minimum absolute atomic E-state index is 0.208. The number of hydrogen-bond donors (Lipinski definition) is 2. The maximum Gasteiger partial charge on any atom is 0.469 e. The van der Waals surface area contributed by atoms with Gasteiger partial charge in [-0.2, -0.15) is 0 Å². The summed E-state index contributed by atoms with van der Waals surface area (Å²) in [4.78, 5) is 42.5. The lowest BCUT2D eigenvalue weighted by Crippen LogP contribution is -2.29. The van der Waals surface area contributed by atoms with Crippen LogP contribution in [0, 0.1) is 0 Å². The van der Waals surface area contributed by atoms with Crippen molar-refractivity contribution in [3.8, 4) is 0 Å². The van der Waals surface area contributed by atoms with E-state index >= 15 is 0 Å². The van der Waals surface area contributed by atoms with Gasteiger partial charge in [0.25, 0.3) is 0 Å². The van der Waals surface area contributed by atoms with Gasteiger partial charge in [0.05, 0.1) is 6.61 Å². The first-order valence-corrected chi connectivity index (χ1v) is 19.3. The van der Waals surface area contributed by atoms with E-state index in [4.69, 9.17) is 19.3 Å². The van der Waals surface area contributed by atoms with E-state index in [2.05, 4.69) is 54.8 Å². The first kappa shape index (κ1) is 43.3. The van der Waals surface area contributed by atoms with Crippen LogP contribution in [0.5, 0.6) is 0 Å². The molecule has 0 spiro atoms. The zero-order valence-corrected chi connectivity index (χ0v) is 29.4. The molecule has 0 fully saturated rings. The molecule has 0 aromatic carbocycles. The van der Waals surface area contributed by atoms with Crippen LogP contribution >= 0.6 is 7.82 Å². The molecule has 0 heterocycles. The quantitative estimate of drug-likeness (QED) is 0.0318. The Bertz CT molecular complexity index is 833. The number of phosphoric ester groups is 1. The Balaban J connectivity index is 4.02. The average molecular weight is 657 g/mol. The molecule has 0 radical (unpaired) electrons. The van der Waals surface area contributed by atoms with Crippen molar-refractivity contribution in [2.24, 2.45) is 0 Å². The van der Waals surface area contributed by atoms with E-state index in [1.807, 2.05) is 0 Å². The molecule has 0 saturated carbocycles. The van der Waals surface area contributed by atoms with E-state index in [9.17, 15) is 14.2 Å². The van der Waals surface area contributed by atoms with Crippen LogP contribution in [0.25, 0.3) is 0 Å². The lowest BCUT2D eigenvalue weighted by Gasteiger charge is -2.18. The molecule has 8 nitrogen and oxygen atoms in total. The summed E-state index contributed by atoms with van der Waals surface area (Å²) >= 11 is 0. The molecule has 45 heavy (non-hydrogen) atoms. The maximum absolute atomic E-state index is 12.3. The van der Waals surface area contributed by atoms with Gasteiger partial charge in [0.2, 0.25) is 0 Å². The smallest absolute Gasteiger partial charge is 0.462 e. The largest absolute Gasteiger partial charge is 0.469 e. The van der Waals surface area contributed by atoms with E-state index in [1.54, 1.807) is 0 Å². The number of rotatable bonds is 32. The van der Waals surface area contributed by atoms with Gasteiger partial charge in [-0.3, -0.25) is 14.1 Å². The van der Waals surface area contributed by atoms with Crippen molar-refractivity contribution in [1.29, 1.82) is 0 Å². The zero-order chi connectivity index (χ0) is 33.3. The van der Waals surface area contributed by atoms with E-state index in [0.29, 0.717) is 12.8 Å². The van der Waals surface area contributed by atoms with Crippen LogP contribution in [0.2, 0.25) is 0 Å². The van der Waals surface area contributed by atoms with Gasteiger partial charge in [0.15, 0.2) is 6.10 Å². The van der Waals surface area contributed by atoms with Crippen molar-refractivity contribution in [2.45, 2.75) is 168 Å². The molecule has 0 aromatic heterocycles. The van der Waals surface area contributed by atoms with Gasteiger partial charge in [-0.1, -0.05) is 134 Å². The lowest BCUT2D eigenvalue weighted by atomic mass is 10.1. The normalized spacial score (nSPS) is 12.9. The van der Waals surface area contributed by atoms with E-state index < -0.39 is 32.5 Å². The number of hydrogen-bond acceptors (Lipinski definition) is 6. The Hall–Kier alpha value is -1.73. The molecule has 0 aromatic rings. The monoisotopic (exact) mass is 656 g/mol. The molecule has 0 bridgehead atoms. The first-order valence-electron chi connectivity index (χ1n) is 17.8. The van der Waals surface area contributed by atoms with Crippen LogP contribution in [0.4, 0.5) is 0 Å². The molecular weight excluding hydrogens is 591 g/mol. The van der Waals surface area contributed by atoms with Gasteiger partial charge in [-0.05, 0) is 51.4 Å². The highest BCUT2D eigenvalue weighted by Crippen LogP contribution is 2.36. The predicted octanol–water partition coefficient (Wildman–Crippen LogP) is 10.2. The fraction of sp³-hybridized carbons (Fsp3) is 0.778. The summed E-state index contributed by atoms with van der Waals surface area (Å²) in [6.45, 7) is 3.60. The molecule has 0 rings (SSSR count). The molecule has 0 unspecified atom stereocenters. The lowest BCUT2D eigenvalue weighted by molar-refractivity contribution is -0.161. The fourth-order valence-electron chi connectivity index (χ4n) is 4.73. The second kappa shape index (κ2) is 32.2. The van der Waals surface area contributed by atoms with Gasteiger partial charge in [-0.25, -0.2) is 4.57 Å². The van der Waals surface area contributed by atoms with E-state index in [0.717, 1.165) is 57.8 Å². The SMILES string of the molecule is CCCCC/C=C/C/C=C/C/C=C/CCCCCCC(=O)OC[C@H](COP(=O)(O)O)OC(=O)CCCCCCCCCCCC. The summed E-state index contributed by atoms with van der Waals surface area (Å²) in [6, 6.07) is 0. The van der Waals surface area contributed by atoms with Crippen molar-refractivity contribution in [1.82, 2.24) is 0 Å². The van der Waals surface area contributed by atoms with Crippen molar-refractivity contribution in [3.05, 3.63) is 36.5 Å². The Morgan fingerprint density at radius 2 is 1.00 bits per heavy atom. The molecule has 1 atom stereocenters. The molecule has 0 saturated heterocycles. The average Bonchev–Trinajstić information content (AvgIpc) is 3.00. The van der Waals surface area contributed by atoms with Crippen LogP contribution in [0.15, 0.2) is 36.5 Å². The van der Waals surface area contributed by atoms with Gasteiger partial charge in [-0.15, -0.1) is 0 Å². The highest BCUT2D eigenvalue weighted by atomic mass is 31.2. The molecule has 0 aliphatic heterocycles. The summed E-state index contributed by atoms with van der Waals surface area (Å²) in [5.41, 5.74) is 0. The second-order valence-corrected chi connectivity index (χ2v) is 13.1. The van der Waals surface area contributed by atoms with Crippen LogP contribution in [-0.4, -0.2) is 41.0 Å². The number of phosphoric acid groups is 1. The number of carbonyl (C=O) groups is 2. The minimum Gasteiger partial charge on any atom is -0.462 e. The van der Waals surface area contributed by atoms with Crippen molar-refractivity contribution in [2.75, 3.05) is 13.2 Å². The number of esters is 2. The van der Waals surface area contributed by atoms with Crippen LogP contribution in [0.3, 0.4) is 0 Å². The summed E-state index contributed by atoms with van der Waals surface area (Å²) in [5, 5.41) is 0. The number of allylic oxidation sites excluding steroid dienone is 6. The van der Waals surface area contributed by atoms with Crippen LogP contribution in [-0.2, 0) is 28.2 Å². The first-order chi connectivity index (χ1) is 21.8. The van der Waals surface area contributed by atoms with Gasteiger partial charge < -0.3 is 19.3 Å². The third-order valence-corrected chi connectivity index (χ3v) is 7.90. The maximum atomic E-state index is 12.3. The summed E-state index contributed by atoms with van der Waals surface area (Å²) in [6.07, 6.45) is 35.8. The molecule has 0 aliphatic rings. The summed E-state index contributed by atoms with van der Waals surface area (Å²) in [5.74, 6) is -0.912. The minimum atomic E-state index is -4.75. The van der Waals surface area contributed by atoms with E-state index in [1.165, 1.54) is 64.2 Å². The Kier molecular flexibility index (Phi) is 31.0. The fourth-order valence-corrected chi connectivity index (χ4v) is 5.09. The molecule has 9 heteroatoms. The van der Waals surface area contributed by atoms with Crippen LogP contribution in [0.1, 0.15) is 162 Å². The number of unbranched alkanes of at least 4 members (excludes halogenated alkanes) is 16. The highest BCUT2D eigenvalue weighted by Gasteiger charge is 2.22. The molecule has 2 N–H and O–H groups in total. The van der Waals surface area contributed by atoms with Crippen molar-refractivity contribution in [3.63, 3.8) is 0 Å². The standard InChI is InChI=1S/C36H65O8P/c1-3-5-7-9-11-13-15-16-17-18-19-20-21-23-24-26-28-30-35(37)42-32-34(33-43-45(39,40)41)44-36(38)31-29-27-25-22-14-12-10-8-6-4-2/h11,13,16-17,19-20,34H,3-10,12,14-15,18,21-33H2,1-2H3,(H2,39,40,41)/b13-11+,17-16+,20-19+/t34-/m1/s1. The van der Waals surface area contributed by atoms with Gasteiger partial charge in [0.1, 0.15) is 6.61 Å². The number of carbonyl (C=O) groups excluding carboxylic acids is 2. The molecule has 262 valence electrons. The third kappa shape index (κ3) is 35.0. The van der Waals surface area contributed by atoms with Crippen molar-refractivity contribution >= 4 is 19.8 Å². The molecule has 0 amide bonds. The molecule has 0 aliphatic carbocycles. The third-order valence-electron chi connectivity index (χ3n) is 7.41. The van der Waals surface area contributed by atoms with Crippen LogP contribution < -0.4 is 0 Å². The van der Waals surface area contributed by atoms with Gasteiger partial charge in [0, 0.05) is 12.8 Å². The molecular formula is C36H65O8P. The zero-order valence-electron chi connectivity index (χ0n) is 28.5. The Morgan fingerprint density at radius 1 is 0.578 bits per heavy atom. The summed E-state index contributed by atoms with van der Waals surface area (Å²) in [7, 11) is -4.75. The predicted molar refractivity (Wildman–Crippen MR) is 184 cm³/mol. The van der Waals surface area contributed by atoms with Gasteiger partial charge >= 0.3 is 19.8 Å². The second-order valence-electron chi connectivity index (χ2n) is 11.8. The Labute approximate surface area is 274 Å². The van der Waals surface area contributed by atoms with E-state index in [-0.39, 0.29) is 19.4 Å².